The number of rotatable bonds is 1. The Kier molecular flexibility index (Phi) is 2.09. The van der Waals surface area contributed by atoms with Gasteiger partial charge in [0.05, 0.1) is 5.69 Å². The quantitative estimate of drug-likeness (QED) is 0.706. The van der Waals surface area contributed by atoms with Crippen LogP contribution in [0.1, 0.15) is 43.1 Å². The first kappa shape index (κ1) is 9.40. The predicted molar refractivity (Wildman–Crippen MR) is 57.8 cm³/mol. The lowest BCUT2D eigenvalue weighted by Gasteiger charge is -2.36. The first-order chi connectivity index (χ1) is 7.25. The van der Waals surface area contributed by atoms with Crippen molar-refractivity contribution in [3.05, 3.63) is 17.5 Å². The maximum Gasteiger partial charge on any atom is 0.141 e. The molecule has 82 valence electrons. The fraction of sp³-hybridized carbons (Fsp3) is 0.750. The van der Waals surface area contributed by atoms with E-state index >= 15 is 0 Å². The fourth-order valence-corrected chi connectivity index (χ4v) is 3.33. The Hall–Kier alpha value is -0.830. The normalized spacial score (nSPS) is 36.0. The Morgan fingerprint density at radius 3 is 2.87 bits per heavy atom. The Labute approximate surface area is 90.4 Å². The van der Waals surface area contributed by atoms with Crippen LogP contribution in [0.3, 0.4) is 0 Å². The summed E-state index contributed by atoms with van der Waals surface area (Å²) in [5, 5.41) is 4.01. The minimum absolute atomic E-state index is 0.579. The van der Waals surface area contributed by atoms with Crippen molar-refractivity contribution in [2.75, 3.05) is 7.05 Å². The summed E-state index contributed by atoms with van der Waals surface area (Å²) in [6.45, 7) is 2.00. The summed E-state index contributed by atoms with van der Waals surface area (Å²) in [4.78, 5) is 2.55. The second kappa shape index (κ2) is 3.34. The van der Waals surface area contributed by atoms with E-state index in [-0.39, 0.29) is 0 Å². The minimum Gasteiger partial charge on any atom is -0.361 e. The van der Waals surface area contributed by atoms with E-state index in [1.165, 1.54) is 25.7 Å². The van der Waals surface area contributed by atoms with E-state index < -0.39 is 0 Å². The van der Waals surface area contributed by atoms with Crippen LogP contribution in [0.25, 0.3) is 0 Å². The maximum absolute atomic E-state index is 5.43. The van der Waals surface area contributed by atoms with Gasteiger partial charge in [0, 0.05) is 24.1 Å². The number of hydrogen-bond donors (Lipinski definition) is 0. The van der Waals surface area contributed by atoms with Gasteiger partial charge in [-0.2, -0.15) is 0 Å². The van der Waals surface area contributed by atoms with Crippen molar-refractivity contribution >= 4 is 0 Å². The second-order valence-electron chi connectivity index (χ2n) is 5.02. The molecule has 15 heavy (non-hydrogen) atoms. The Bertz CT molecular complexity index is 360. The number of likely N-dealkylation sites (N-methyl/N-ethyl adjacent to an activating group) is 1. The summed E-state index contributed by atoms with van der Waals surface area (Å²) in [5.41, 5.74) is 1.01. The van der Waals surface area contributed by atoms with Gasteiger partial charge in [-0.25, -0.2) is 0 Å². The van der Waals surface area contributed by atoms with Gasteiger partial charge in [-0.15, -0.1) is 0 Å². The van der Waals surface area contributed by atoms with E-state index in [4.69, 9.17) is 4.52 Å². The number of aromatic nitrogens is 1. The molecule has 3 atom stereocenters. The van der Waals surface area contributed by atoms with Crippen molar-refractivity contribution in [1.29, 1.82) is 0 Å². The summed E-state index contributed by atoms with van der Waals surface area (Å²) in [5.74, 6) is 1.68. The molecule has 0 N–H and O–H groups in total. The Morgan fingerprint density at radius 1 is 1.33 bits per heavy atom. The molecule has 1 unspecified atom stereocenters. The smallest absolute Gasteiger partial charge is 0.141 e. The molecule has 0 spiro atoms. The van der Waals surface area contributed by atoms with Crippen LogP contribution >= 0.6 is 0 Å². The summed E-state index contributed by atoms with van der Waals surface area (Å²) in [7, 11) is 2.26. The lowest BCUT2D eigenvalue weighted by Crippen LogP contribution is -2.40. The molecule has 3 heteroatoms. The third-order valence-corrected chi connectivity index (χ3v) is 4.18. The van der Waals surface area contributed by atoms with Crippen molar-refractivity contribution in [2.24, 2.45) is 0 Å². The average molecular weight is 206 g/mol. The highest BCUT2D eigenvalue weighted by molar-refractivity contribution is 5.14. The molecule has 3 rings (SSSR count). The monoisotopic (exact) mass is 206 g/mol. The molecule has 0 radical (unpaired) electrons. The van der Waals surface area contributed by atoms with Crippen molar-refractivity contribution < 1.29 is 4.52 Å². The standard InChI is InChI=1S/C12H18N2O/c1-8-7-12(15-13-8)10-5-3-9-4-6-11(10)14(9)2/h7,9-11H,3-6H2,1-2H3/t9-,10+,11?/m0/s1. The molecule has 3 nitrogen and oxygen atoms in total. The molecule has 1 aromatic rings. The fourth-order valence-electron chi connectivity index (χ4n) is 3.33. The van der Waals surface area contributed by atoms with Crippen LogP contribution in [-0.4, -0.2) is 29.2 Å². The molecular weight excluding hydrogens is 188 g/mol. The van der Waals surface area contributed by atoms with Crippen LogP contribution in [0, 0.1) is 6.92 Å². The maximum atomic E-state index is 5.43. The third kappa shape index (κ3) is 1.41. The largest absolute Gasteiger partial charge is 0.361 e. The lowest BCUT2D eigenvalue weighted by molar-refractivity contribution is 0.141. The molecule has 2 aliphatic rings. The highest BCUT2D eigenvalue weighted by atomic mass is 16.5. The highest BCUT2D eigenvalue weighted by Gasteiger charge is 2.42. The molecule has 0 aliphatic carbocycles. The summed E-state index contributed by atoms with van der Waals surface area (Å²) in [6, 6.07) is 3.63. The van der Waals surface area contributed by atoms with Crippen LogP contribution in [0.15, 0.2) is 10.6 Å². The zero-order valence-electron chi connectivity index (χ0n) is 9.44. The number of piperidine rings is 1. The van der Waals surface area contributed by atoms with Crippen LogP contribution in [0.2, 0.25) is 0 Å². The van der Waals surface area contributed by atoms with Gasteiger partial charge in [0.1, 0.15) is 5.76 Å². The van der Waals surface area contributed by atoms with Crippen LogP contribution in [-0.2, 0) is 0 Å². The molecule has 1 aromatic heterocycles. The molecule has 0 amide bonds. The molecule has 2 aliphatic heterocycles. The van der Waals surface area contributed by atoms with Crippen LogP contribution in [0.4, 0.5) is 0 Å². The first-order valence-corrected chi connectivity index (χ1v) is 5.91. The molecule has 2 bridgehead atoms. The number of hydrogen-bond acceptors (Lipinski definition) is 3. The number of fused-ring (bicyclic) bond motifs is 2. The molecule has 2 saturated heterocycles. The van der Waals surface area contributed by atoms with E-state index in [0.717, 1.165) is 17.5 Å². The predicted octanol–water partition coefficient (Wildman–Crippen LogP) is 2.32. The minimum atomic E-state index is 0.579. The van der Waals surface area contributed by atoms with Crippen molar-refractivity contribution in [3.63, 3.8) is 0 Å². The van der Waals surface area contributed by atoms with Crippen molar-refractivity contribution in [1.82, 2.24) is 10.1 Å². The van der Waals surface area contributed by atoms with Crippen molar-refractivity contribution in [2.45, 2.75) is 50.6 Å². The second-order valence-corrected chi connectivity index (χ2v) is 5.02. The zero-order valence-corrected chi connectivity index (χ0v) is 9.44. The van der Waals surface area contributed by atoms with Gasteiger partial charge in [-0.3, -0.25) is 4.90 Å². The number of aryl methyl sites for hydroxylation is 1. The molecule has 3 heterocycles. The van der Waals surface area contributed by atoms with Crippen LogP contribution in [0.5, 0.6) is 0 Å². The van der Waals surface area contributed by atoms with Gasteiger partial charge >= 0.3 is 0 Å². The summed E-state index contributed by atoms with van der Waals surface area (Å²) < 4.78 is 5.43. The Morgan fingerprint density at radius 2 is 2.13 bits per heavy atom. The van der Waals surface area contributed by atoms with Gasteiger partial charge in [0.2, 0.25) is 0 Å². The van der Waals surface area contributed by atoms with Gasteiger partial charge in [0.25, 0.3) is 0 Å². The van der Waals surface area contributed by atoms with E-state index in [9.17, 15) is 0 Å². The lowest BCUT2D eigenvalue weighted by atomic mass is 9.88. The van der Waals surface area contributed by atoms with Crippen molar-refractivity contribution in [3.8, 4) is 0 Å². The van der Waals surface area contributed by atoms with Gasteiger partial charge in [0.15, 0.2) is 0 Å². The number of nitrogens with zero attached hydrogens (tertiary/aromatic N) is 2. The van der Waals surface area contributed by atoms with E-state index in [0.29, 0.717) is 12.0 Å². The zero-order chi connectivity index (χ0) is 10.4. The van der Waals surface area contributed by atoms with Gasteiger partial charge in [-0.1, -0.05) is 5.16 Å². The SMILES string of the molecule is Cc1cc([C@@H]2CC[C@H]3CCC2N3C)on1. The molecule has 2 fully saturated rings. The average Bonchev–Trinajstić information content (AvgIpc) is 2.72. The first-order valence-electron chi connectivity index (χ1n) is 5.91. The molecule has 0 saturated carbocycles. The third-order valence-electron chi connectivity index (χ3n) is 4.18. The van der Waals surface area contributed by atoms with Crippen LogP contribution < -0.4 is 0 Å². The van der Waals surface area contributed by atoms with E-state index in [1.807, 2.05) is 6.92 Å². The topological polar surface area (TPSA) is 29.3 Å². The Balaban J connectivity index is 1.87. The molecular formula is C12H18N2O. The summed E-state index contributed by atoms with van der Waals surface area (Å²) >= 11 is 0. The highest BCUT2D eigenvalue weighted by Crippen LogP contribution is 2.42. The summed E-state index contributed by atoms with van der Waals surface area (Å²) in [6.07, 6.45) is 5.28. The van der Waals surface area contributed by atoms with Gasteiger partial charge < -0.3 is 4.52 Å². The van der Waals surface area contributed by atoms with E-state index in [1.54, 1.807) is 0 Å². The van der Waals surface area contributed by atoms with Gasteiger partial charge in [-0.05, 0) is 39.7 Å². The van der Waals surface area contributed by atoms with E-state index in [2.05, 4.69) is 23.2 Å². The molecule has 0 aromatic carbocycles.